The number of likely N-dealkylation sites (N-methyl/N-ethyl adjacent to an activating group) is 1. The van der Waals surface area contributed by atoms with E-state index in [1.807, 2.05) is 36.2 Å². The average molecular weight is 255 g/mol. The van der Waals surface area contributed by atoms with Gasteiger partial charge in [0.2, 0.25) is 0 Å². The molecule has 5 nitrogen and oxygen atoms in total. The second kappa shape index (κ2) is 5.95. The Morgan fingerprint density at radius 1 is 1.26 bits per heavy atom. The SMILES string of the molecule is CN(CCc1ccncc1)c1cccc(C(=N)N)n1. The first-order valence-corrected chi connectivity index (χ1v) is 6.08. The highest BCUT2D eigenvalue weighted by Crippen LogP contribution is 2.10. The fourth-order valence-corrected chi connectivity index (χ4v) is 1.75. The molecule has 19 heavy (non-hydrogen) atoms. The first-order chi connectivity index (χ1) is 9.16. The van der Waals surface area contributed by atoms with Crippen molar-refractivity contribution in [3.8, 4) is 0 Å². The first kappa shape index (κ1) is 13.0. The maximum atomic E-state index is 7.40. The van der Waals surface area contributed by atoms with Gasteiger partial charge in [-0.1, -0.05) is 6.07 Å². The molecule has 5 heteroatoms. The van der Waals surface area contributed by atoms with Crippen LogP contribution in [0.3, 0.4) is 0 Å². The highest BCUT2D eigenvalue weighted by Gasteiger charge is 2.05. The molecular formula is C14H17N5. The Hall–Kier alpha value is -2.43. The molecule has 2 aromatic heterocycles. The van der Waals surface area contributed by atoms with E-state index in [2.05, 4.69) is 9.97 Å². The minimum Gasteiger partial charge on any atom is -0.382 e. The summed E-state index contributed by atoms with van der Waals surface area (Å²) < 4.78 is 0. The Balaban J connectivity index is 2.02. The first-order valence-electron chi connectivity index (χ1n) is 6.08. The standard InChI is InChI=1S/C14H17N5/c1-19(10-7-11-5-8-17-9-6-11)13-4-2-3-12(18-13)14(15)16/h2-6,8-9H,7,10H2,1H3,(H3,15,16). The number of rotatable bonds is 5. The van der Waals surface area contributed by atoms with Crippen LogP contribution in [0, 0.1) is 5.41 Å². The normalized spacial score (nSPS) is 10.2. The van der Waals surface area contributed by atoms with Crippen molar-refractivity contribution in [3.05, 3.63) is 54.0 Å². The van der Waals surface area contributed by atoms with Crippen molar-refractivity contribution in [2.24, 2.45) is 5.73 Å². The van der Waals surface area contributed by atoms with Gasteiger partial charge in [0.1, 0.15) is 17.3 Å². The van der Waals surface area contributed by atoms with Crippen LogP contribution in [0.15, 0.2) is 42.7 Å². The second-order valence-corrected chi connectivity index (χ2v) is 4.32. The van der Waals surface area contributed by atoms with E-state index in [0.717, 1.165) is 18.8 Å². The summed E-state index contributed by atoms with van der Waals surface area (Å²) in [5.74, 6) is 0.811. The van der Waals surface area contributed by atoms with Crippen LogP contribution in [0.2, 0.25) is 0 Å². The second-order valence-electron chi connectivity index (χ2n) is 4.32. The lowest BCUT2D eigenvalue weighted by Gasteiger charge is -2.18. The van der Waals surface area contributed by atoms with E-state index < -0.39 is 0 Å². The van der Waals surface area contributed by atoms with Crippen LogP contribution in [-0.4, -0.2) is 29.4 Å². The lowest BCUT2D eigenvalue weighted by atomic mass is 10.2. The van der Waals surface area contributed by atoms with E-state index in [0.29, 0.717) is 5.69 Å². The van der Waals surface area contributed by atoms with E-state index in [9.17, 15) is 0 Å². The Morgan fingerprint density at radius 2 is 2.00 bits per heavy atom. The largest absolute Gasteiger partial charge is 0.382 e. The monoisotopic (exact) mass is 255 g/mol. The molecule has 2 heterocycles. The number of hydrogen-bond acceptors (Lipinski definition) is 4. The number of anilines is 1. The maximum absolute atomic E-state index is 7.40. The Bertz CT molecular complexity index is 553. The summed E-state index contributed by atoms with van der Waals surface area (Å²) >= 11 is 0. The van der Waals surface area contributed by atoms with E-state index in [1.165, 1.54) is 5.56 Å². The predicted octanol–water partition coefficient (Wildman–Crippen LogP) is 1.44. The smallest absolute Gasteiger partial charge is 0.141 e. The molecule has 0 aromatic carbocycles. The molecule has 0 atom stereocenters. The van der Waals surface area contributed by atoms with E-state index >= 15 is 0 Å². The zero-order valence-corrected chi connectivity index (χ0v) is 10.9. The Kier molecular flexibility index (Phi) is 4.07. The maximum Gasteiger partial charge on any atom is 0.141 e. The van der Waals surface area contributed by atoms with Crippen molar-refractivity contribution in [2.45, 2.75) is 6.42 Å². The van der Waals surface area contributed by atoms with Gasteiger partial charge in [0.05, 0.1) is 0 Å². The number of nitrogen functional groups attached to an aromatic ring is 1. The highest BCUT2D eigenvalue weighted by atomic mass is 15.2. The average Bonchev–Trinajstić information content (AvgIpc) is 2.46. The van der Waals surface area contributed by atoms with E-state index in [-0.39, 0.29) is 5.84 Å². The molecule has 2 aromatic rings. The van der Waals surface area contributed by atoms with Gasteiger partial charge in [0.15, 0.2) is 0 Å². The number of nitrogens with two attached hydrogens (primary N) is 1. The molecule has 0 radical (unpaired) electrons. The quantitative estimate of drug-likeness (QED) is 0.626. The van der Waals surface area contributed by atoms with Gasteiger partial charge in [-0.25, -0.2) is 4.98 Å². The summed E-state index contributed by atoms with van der Waals surface area (Å²) in [6.07, 6.45) is 4.51. The van der Waals surface area contributed by atoms with Crippen LogP contribution in [0.5, 0.6) is 0 Å². The molecule has 0 unspecified atom stereocenters. The van der Waals surface area contributed by atoms with Gasteiger partial charge in [0.25, 0.3) is 0 Å². The lowest BCUT2D eigenvalue weighted by molar-refractivity contribution is 0.857. The van der Waals surface area contributed by atoms with Crippen LogP contribution in [0.25, 0.3) is 0 Å². The summed E-state index contributed by atoms with van der Waals surface area (Å²) in [6, 6.07) is 9.53. The molecule has 0 saturated carbocycles. The summed E-state index contributed by atoms with van der Waals surface area (Å²) in [7, 11) is 1.98. The molecule has 98 valence electrons. The van der Waals surface area contributed by atoms with Crippen molar-refractivity contribution in [1.82, 2.24) is 9.97 Å². The molecule has 0 aliphatic heterocycles. The zero-order chi connectivity index (χ0) is 13.7. The van der Waals surface area contributed by atoms with Gasteiger partial charge < -0.3 is 10.6 Å². The molecule has 0 fully saturated rings. The highest BCUT2D eigenvalue weighted by molar-refractivity contribution is 5.93. The fourth-order valence-electron chi connectivity index (χ4n) is 1.75. The number of hydrogen-bond donors (Lipinski definition) is 2. The van der Waals surface area contributed by atoms with Crippen LogP contribution in [0.4, 0.5) is 5.82 Å². The fraction of sp³-hybridized carbons (Fsp3) is 0.214. The minimum atomic E-state index is -0.00983. The third-order valence-corrected chi connectivity index (χ3v) is 2.89. The van der Waals surface area contributed by atoms with Crippen molar-refractivity contribution in [3.63, 3.8) is 0 Å². The minimum absolute atomic E-state index is 0.00983. The van der Waals surface area contributed by atoms with Crippen molar-refractivity contribution in [2.75, 3.05) is 18.5 Å². The molecule has 3 N–H and O–H groups in total. The van der Waals surface area contributed by atoms with Gasteiger partial charge >= 0.3 is 0 Å². The Labute approximate surface area is 112 Å². The van der Waals surface area contributed by atoms with Gasteiger partial charge in [-0.3, -0.25) is 10.4 Å². The van der Waals surface area contributed by atoms with Crippen LogP contribution in [0.1, 0.15) is 11.3 Å². The van der Waals surface area contributed by atoms with Crippen LogP contribution < -0.4 is 10.6 Å². The summed E-state index contributed by atoms with van der Waals surface area (Å²) in [6.45, 7) is 0.846. The van der Waals surface area contributed by atoms with Gasteiger partial charge in [0, 0.05) is 26.0 Å². The molecule has 0 amide bonds. The number of pyridine rings is 2. The van der Waals surface area contributed by atoms with Crippen molar-refractivity contribution in [1.29, 1.82) is 5.41 Å². The molecule has 0 spiro atoms. The van der Waals surface area contributed by atoms with Gasteiger partial charge in [-0.2, -0.15) is 0 Å². The topological polar surface area (TPSA) is 78.9 Å². The molecular weight excluding hydrogens is 238 g/mol. The lowest BCUT2D eigenvalue weighted by Crippen LogP contribution is -2.23. The van der Waals surface area contributed by atoms with E-state index in [1.54, 1.807) is 18.5 Å². The molecule has 0 aliphatic carbocycles. The Morgan fingerprint density at radius 3 is 2.68 bits per heavy atom. The van der Waals surface area contributed by atoms with Gasteiger partial charge in [-0.15, -0.1) is 0 Å². The number of nitrogens with zero attached hydrogens (tertiary/aromatic N) is 3. The van der Waals surface area contributed by atoms with Crippen molar-refractivity contribution < 1.29 is 0 Å². The molecule has 2 rings (SSSR count). The zero-order valence-electron chi connectivity index (χ0n) is 10.9. The summed E-state index contributed by atoms with van der Waals surface area (Å²) in [4.78, 5) is 10.4. The van der Waals surface area contributed by atoms with Crippen LogP contribution >= 0.6 is 0 Å². The van der Waals surface area contributed by atoms with Crippen molar-refractivity contribution >= 4 is 11.7 Å². The third-order valence-electron chi connectivity index (χ3n) is 2.89. The molecule has 0 aliphatic rings. The molecule has 0 bridgehead atoms. The molecule has 0 saturated heterocycles. The van der Waals surface area contributed by atoms with E-state index in [4.69, 9.17) is 11.1 Å². The number of nitrogens with one attached hydrogen (secondary N) is 1. The summed E-state index contributed by atoms with van der Waals surface area (Å²) in [5.41, 5.74) is 7.19. The number of aromatic nitrogens is 2. The van der Waals surface area contributed by atoms with Gasteiger partial charge in [-0.05, 0) is 36.2 Å². The predicted molar refractivity (Wildman–Crippen MR) is 76.5 cm³/mol. The van der Waals surface area contributed by atoms with Crippen LogP contribution in [-0.2, 0) is 6.42 Å². The third kappa shape index (κ3) is 3.51. The summed E-state index contributed by atoms with van der Waals surface area (Å²) in [5, 5.41) is 7.40. The number of amidine groups is 1.